The summed E-state index contributed by atoms with van der Waals surface area (Å²) in [5, 5.41) is 9.34. The molecule has 0 aromatic carbocycles. The van der Waals surface area contributed by atoms with Crippen LogP contribution in [-0.2, 0) is 4.79 Å². The van der Waals surface area contributed by atoms with E-state index in [0.717, 1.165) is 0 Å². The molecule has 2 rings (SSSR count). The first-order valence-electron chi connectivity index (χ1n) is 5.01. The van der Waals surface area contributed by atoms with E-state index in [1.807, 2.05) is 6.92 Å². The number of halogens is 1. The van der Waals surface area contributed by atoms with Gasteiger partial charge in [0, 0.05) is 11.9 Å². The molecule has 1 amide bonds. The third-order valence-corrected chi connectivity index (χ3v) is 4.06. The first-order chi connectivity index (χ1) is 8.00. The zero-order chi connectivity index (χ0) is 12.6. The molecule has 1 aromatic heterocycles. The number of carbonyl (C=O) groups is 2. The Morgan fingerprint density at radius 3 is 2.88 bits per heavy atom. The summed E-state index contributed by atoms with van der Waals surface area (Å²) in [4.78, 5) is 27.3. The van der Waals surface area contributed by atoms with Crippen molar-refractivity contribution in [2.45, 2.75) is 18.3 Å². The van der Waals surface area contributed by atoms with Crippen molar-refractivity contribution in [1.82, 2.24) is 9.88 Å². The van der Waals surface area contributed by atoms with E-state index in [1.165, 1.54) is 28.9 Å². The molecule has 2 atom stereocenters. The Morgan fingerprint density at radius 1 is 1.65 bits per heavy atom. The molecule has 1 aromatic rings. The SMILES string of the molecule is CC1SCC(C(=O)O)N1C(=O)c1cc(Cl)c[nH]1. The van der Waals surface area contributed by atoms with E-state index in [2.05, 4.69) is 4.98 Å². The highest BCUT2D eigenvalue weighted by Gasteiger charge is 2.40. The van der Waals surface area contributed by atoms with Gasteiger partial charge in [-0.3, -0.25) is 4.79 Å². The standard InChI is InChI=1S/C10H11ClN2O3S/c1-5-13(8(4-17-5)10(15)16)9(14)7-2-6(11)3-12-7/h2-3,5,8,12H,4H2,1H3,(H,15,16). The van der Waals surface area contributed by atoms with Gasteiger partial charge in [-0.15, -0.1) is 11.8 Å². The maximum Gasteiger partial charge on any atom is 0.327 e. The van der Waals surface area contributed by atoms with Crippen LogP contribution in [0.15, 0.2) is 12.3 Å². The van der Waals surface area contributed by atoms with Crippen molar-refractivity contribution in [3.63, 3.8) is 0 Å². The molecule has 2 heterocycles. The van der Waals surface area contributed by atoms with Crippen molar-refractivity contribution in [1.29, 1.82) is 0 Å². The van der Waals surface area contributed by atoms with Crippen LogP contribution >= 0.6 is 23.4 Å². The summed E-state index contributed by atoms with van der Waals surface area (Å²) in [6, 6.07) is 0.725. The van der Waals surface area contributed by atoms with Gasteiger partial charge in [0.15, 0.2) is 0 Å². The zero-order valence-corrected chi connectivity index (χ0v) is 10.6. The zero-order valence-electron chi connectivity index (χ0n) is 9.01. The third-order valence-electron chi connectivity index (χ3n) is 2.62. The normalized spacial score (nSPS) is 24.0. The largest absolute Gasteiger partial charge is 0.480 e. The predicted molar refractivity (Wildman–Crippen MR) is 65.3 cm³/mol. The molecule has 92 valence electrons. The van der Waals surface area contributed by atoms with Gasteiger partial charge in [0.2, 0.25) is 0 Å². The number of aromatic amines is 1. The molecule has 2 N–H and O–H groups in total. The monoisotopic (exact) mass is 274 g/mol. The minimum atomic E-state index is -0.979. The molecule has 2 unspecified atom stereocenters. The van der Waals surface area contributed by atoms with Crippen LogP contribution in [0.3, 0.4) is 0 Å². The van der Waals surface area contributed by atoms with Crippen LogP contribution in [0.4, 0.5) is 0 Å². The Morgan fingerprint density at radius 2 is 2.35 bits per heavy atom. The number of hydrogen-bond donors (Lipinski definition) is 2. The van der Waals surface area contributed by atoms with Crippen LogP contribution in [0, 0.1) is 0 Å². The molecule has 7 heteroatoms. The number of nitrogens with one attached hydrogen (secondary N) is 1. The number of rotatable bonds is 2. The Balaban J connectivity index is 2.25. The van der Waals surface area contributed by atoms with Crippen molar-refractivity contribution in [3.05, 3.63) is 23.0 Å². The van der Waals surface area contributed by atoms with E-state index in [-0.39, 0.29) is 11.3 Å². The summed E-state index contributed by atoms with van der Waals surface area (Å²) in [5.41, 5.74) is 0.315. The van der Waals surface area contributed by atoms with Crippen LogP contribution in [-0.4, -0.2) is 44.0 Å². The van der Waals surface area contributed by atoms with E-state index in [1.54, 1.807) is 0 Å². The number of thioether (sulfide) groups is 1. The summed E-state index contributed by atoms with van der Waals surface area (Å²) in [6.45, 7) is 1.82. The van der Waals surface area contributed by atoms with Gasteiger partial charge < -0.3 is 15.0 Å². The van der Waals surface area contributed by atoms with E-state index in [0.29, 0.717) is 16.5 Å². The number of nitrogens with zero attached hydrogens (tertiary/aromatic N) is 1. The second-order valence-corrected chi connectivity index (χ2v) is 5.52. The van der Waals surface area contributed by atoms with E-state index in [9.17, 15) is 9.59 Å². The maximum atomic E-state index is 12.1. The van der Waals surface area contributed by atoms with Gasteiger partial charge in [-0.05, 0) is 13.0 Å². The Bertz CT molecular complexity index is 462. The van der Waals surface area contributed by atoms with Crippen molar-refractivity contribution in [2.24, 2.45) is 0 Å². The average Bonchev–Trinajstić information content (AvgIpc) is 2.83. The van der Waals surface area contributed by atoms with Crippen molar-refractivity contribution < 1.29 is 14.7 Å². The van der Waals surface area contributed by atoms with Gasteiger partial charge in [-0.2, -0.15) is 0 Å². The summed E-state index contributed by atoms with van der Waals surface area (Å²) in [5.74, 6) is -0.897. The lowest BCUT2D eigenvalue weighted by Gasteiger charge is -2.24. The first-order valence-corrected chi connectivity index (χ1v) is 6.44. The predicted octanol–water partition coefficient (Wildman–Crippen LogP) is 1.66. The number of carboxylic acid groups (broad SMARTS) is 1. The number of H-pyrrole nitrogens is 1. The van der Waals surface area contributed by atoms with Crippen LogP contribution in [0.25, 0.3) is 0 Å². The number of aliphatic carboxylic acids is 1. The molecule has 17 heavy (non-hydrogen) atoms. The highest BCUT2D eigenvalue weighted by Crippen LogP contribution is 2.30. The molecule has 0 spiro atoms. The highest BCUT2D eigenvalue weighted by atomic mass is 35.5. The fraction of sp³-hybridized carbons (Fsp3) is 0.400. The Hall–Kier alpha value is -1.14. The quantitative estimate of drug-likeness (QED) is 0.860. The highest BCUT2D eigenvalue weighted by molar-refractivity contribution is 8.00. The lowest BCUT2D eigenvalue weighted by molar-refractivity contribution is -0.141. The molecule has 0 bridgehead atoms. The fourth-order valence-corrected chi connectivity index (χ4v) is 3.10. The Kier molecular flexibility index (Phi) is 3.35. The van der Waals surface area contributed by atoms with Crippen molar-refractivity contribution in [3.8, 4) is 0 Å². The number of carbonyl (C=O) groups excluding carboxylic acids is 1. The minimum absolute atomic E-state index is 0.148. The van der Waals surface area contributed by atoms with E-state index in [4.69, 9.17) is 16.7 Å². The lowest BCUT2D eigenvalue weighted by atomic mass is 10.2. The summed E-state index contributed by atoms with van der Waals surface area (Å²) < 4.78 is 0. The van der Waals surface area contributed by atoms with Gasteiger partial charge >= 0.3 is 5.97 Å². The van der Waals surface area contributed by atoms with Gasteiger partial charge in [0.05, 0.1) is 10.4 Å². The second-order valence-electron chi connectivity index (χ2n) is 3.73. The minimum Gasteiger partial charge on any atom is -0.480 e. The molecule has 5 nitrogen and oxygen atoms in total. The molecular formula is C10H11ClN2O3S. The fourth-order valence-electron chi connectivity index (χ4n) is 1.77. The van der Waals surface area contributed by atoms with Crippen LogP contribution in [0.1, 0.15) is 17.4 Å². The topological polar surface area (TPSA) is 73.4 Å². The van der Waals surface area contributed by atoms with Crippen molar-refractivity contribution in [2.75, 3.05) is 5.75 Å². The molecule has 0 radical (unpaired) electrons. The molecule has 1 saturated heterocycles. The molecule has 1 aliphatic rings. The molecular weight excluding hydrogens is 264 g/mol. The van der Waals surface area contributed by atoms with Crippen LogP contribution in [0.5, 0.6) is 0 Å². The van der Waals surface area contributed by atoms with Gasteiger partial charge in [0.25, 0.3) is 5.91 Å². The summed E-state index contributed by atoms with van der Waals surface area (Å²) >= 11 is 7.17. The van der Waals surface area contributed by atoms with E-state index >= 15 is 0 Å². The maximum absolute atomic E-state index is 12.1. The van der Waals surface area contributed by atoms with Crippen molar-refractivity contribution >= 4 is 35.2 Å². The Labute approximate surface area is 107 Å². The molecule has 1 fully saturated rings. The van der Waals surface area contributed by atoms with Gasteiger partial charge in [-0.25, -0.2) is 4.79 Å². The number of carboxylic acids is 1. The first kappa shape index (κ1) is 12.3. The summed E-state index contributed by atoms with van der Waals surface area (Å²) in [7, 11) is 0. The molecule has 1 aliphatic heterocycles. The third kappa shape index (κ3) is 2.28. The molecule has 0 saturated carbocycles. The van der Waals surface area contributed by atoms with Gasteiger partial charge in [-0.1, -0.05) is 11.6 Å². The van der Waals surface area contributed by atoms with E-state index < -0.39 is 12.0 Å². The number of aromatic nitrogens is 1. The molecule has 0 aliphatic carbocycles. The second kappa shape index (κ2) is 4.62. The number of amides is 1. The summed E-state index contributed by atoms with van der Waals surface area (Å²) in [6.07, 6.45) is 1.50. The van der Waals surface area contributed by atoms with Crippen LogP contribution < -0.4 is 0 Å². The number of hydrogen-bond acceptors (Lipinski definition) is 3. The smallest absolute Gasteiger partial charge is 0.327 e. The average molecular weight is 275 g/mol. The van der Waals surface area contributed by atoms with Gasteiger partial charge in [0.1, 0.15) is 11.7 Å². The lowest BCUT2D eigenvalue weighted by Crippen LogP contribution is -2.44. The van der Waals surface area contributed by atoms with Crippen LogP contribution in [0.2, 0.25) is 5.02 Å².